The van der Waals surface area contributed by atoms with Crippen molar-refractivity contribution in [2.75, 3.05) is 6.54 Å². The van der Waals surface area contributed by atoms with Crippen LogP contribution in [0, 0.1) is 10.8 Å². The first-order valence-electron chi connectivity index (χ1n) is 7.75. The maximum absolute atomic E-state index is 12.5. The molecule has 0 aliphatic carbocycles. The molecule has 2 N–H and O–H groups in total. The summed E-state index contributed by atoms with van der Waals surface area (Å²) < 4.78 is 0. The Morgan fingerprint density at radius 1 is 1.00 bits per heavy atom. The van der Waals surface area contributed by atoms with E-state index in [9.17, 15) is 14.7 Å². The lowest BCUT2D eigenvalue weighted by atomic mass is 9.63. The summed E-state index contributed by atoms with van der Waals surface area (Å²) in [5.41, 5.74) is -1.95. The molecule has 1 unspecified atom stereocenters. The molecule has 0 fully saturated rings. The van der Waals surface area contributed by atoms with Crippen molar-refractivity contribution in [2.24, 2.45) is 10.8 Å². The van der Waals surface area contributed by atoms with E-state index in [4.69, 9.17) is 0 Å². The lowest BCUT2D eigenvalue weighted by Gasteiger charge is -2.39. The van der Waals surface area contributed by atoms with Crippen LogP contribution in [0.3, 0.4) is 0 Å². The fourth-order valence-corrected chi connectivity index (χ4v) is 2.52. The van der Waals surface area contributed by atoms with Gasteiger partial charge in [0.25, 0.3) is 0 Å². The van der Waals surface area contributed by atoms with Crippen molar-refractivity contribution in [1.82, 2.24) is 5.32 Å². The van der Waals surface area contributed by atoms with Crippen LogP contribution in [0.4, 0.5) is 0 Å². The lowest BCUT2D eigenvalue weighted by molar-refractivity contribution is -0.165. The van der Waals surface area contributed by atoms with Crippen LogP contribution >= 0.6 is 0 Å². The molecule has 0 bridgehead atoms. The first kappa shape index (κ1) is 18.9. The standard InChI is InChI=1S/C16H31NO3/c1-6-8-10-11-16(14(19)20,15(3,4)5)13(18)17-12-9-7-2/h6-12H2,1-5H3,(H,17,18)(H,19,20). The van der Waals surface area contributed by atoms with E-state index in [2.05, 4.69) is 12.2 Å². The van der Waals surface area contributed by atoms with Gasteiger partial charge in [-0.15, -0.1) is 0 Å². The SMILES string of the molecule is CCCCCC(C(=O)O)(C(=O)NCCCC)C(C)(C)C. The van der Waals surface area contributed by atoms with Crippen molar-refractivity contribution >= 4 is 11.9 Å². The van der Waals surface area contributed by atoms with Crippen LogP contribution in [0.5, 0.6) is 0 Å². The van der Waals surface area contributed by atoms with E-state index >= 15 is 0 Å². The number of carbonyl (C=O) groups is 2. The molecular weight excluding hydrogens is 254 g/mol. The second kappa shape index (κ2) is 8.28. The fraction of sp³-hybridized carbons (Fsp3) is 0.875. The molecule has 0 spiro atoms. The van der Waals surface area contributed by atoms with Gasteiger partial charge in [0.1, 0.15) is 0 Å². The van der Waals surface area contributed by atoms with Crippen LogP contribution in [0.25, 0.3) is 0 Å². The first-order chi connectivity index (χ1) is 9.24. The van der Waals surface area contributed by atoms with Crippen molar-refractivity contribution in [3.05, 3.63) is 0 Å². The zero-order valence-corrected chi connectivity index (χ0v) is 13.7. The van der Waals surface area contributed by atoms with Crippen LogP contribution in [0.15, 0.2) is 0 Å². The van der Waals surface area contributed by atoms with E-state index in [1.807, 2.05) is 27.7 Å². The maximum Gasteiger partial charge on any atom is 0.319 e. The van der Waals surface area contributed by atoms with E-state index < -0.39 is 16.8 Å². The molecule has 0 aliphatic heterocycles. The van der Waals surface area contributed by atoms with Crippen molar-refractivity contribution in [2.45, 2.75) is 73.1 Å². The van der Waals surface area contributed by atoms with Gasteiger partial charge in [-0.05, 0) is 18.3 Å². The van der Waals surface area contributed by atoms with Gasteiger partial charge in [-0.25, -0.2) is 0 Å². The predicted octanol–water partition coefficient (Wildman–Crippen LogP) is 3.60. The third kappa shape index (κ3) is 4.50. The number of nitrogens with one attached hydrogen (secondary N) is 1. The van der Waals surface area contributed by atoms with Gasteiger partial charge in [-0.3, -0.25) is 9.59 Å². The number of carboxylic acids is 1. The van der Waals surface area contributed by atoms with Gasteiger partial charge >= 0.3 is 5.97 Å². The largest absolute Gasteiger partial charge is 0.480 e. The normalized spacial score (nSPS) is 14.7. The molecule has 1 amide bonds. The number of amides is 1. The van der Waals surface area contributed by atoms with Crippen LogP contribution < -0.4 is 5.32 Å². The van der Waals surface area contributed by atoms with Crippen LogP contribution in [0.2, 0.25) is 0 Å². The van der Waals surface area contributed by atoms with Gasteiger partial charge in [0.15, 0.2) is 5.41 Å². The highest BCUT2D eigenvalue weighted by molar-refractivity contribution is 6.02. The molecular formula is C16H31NO3. The Morgan fingerprint density at radius 3 is 1.95 bits per heavy atom. The Hall–Kier alpha value is -1.06. The monoisotopic (exact) mass is 285 g/mol. The first-order valence-corrected chi connectivity index (χ1v) is 7.75. The minimum absolute atomic E-state index is 0.331. The molecule has 0 aromatic heterocycles. The quantitative estimate of drug-likeness (QED) is 0.502. The van der Waals surface area contributed by atoms with E-state index in [-0.39, 0.29) is 5.91 Å². The molecule has 0 aliphatic rings. The summed E-state index contributed by atoms with van der Waals surface area (Å²) in [5.74, 6) is -1.34. The minimum Gasteiger partial charge on any atom is -0.480 e. The highest BCUT2D eigenvalue weighted by atomic mass is 16.4. The topological polar surface area (TPSA) is 66.4 Å². The number of carboxylic acid groups (broad SMARTS) is 1. The molecule has 0 heterocycles. The summed E-state index contributed by atoms with van der Waals surface area (Å²) in [7, 11) is 0. The minimum atomic E-state index is -1.34. The molecule has 4 nitrogen and oxygen atoms in total. The zero-order valence-electron chi connectivity index (χ0n) is 13.7. The van der Waals surface area contributed by atoms with Crippen molar-refractivity contribution < 1.29 is 14.7 Å². The van der Waals surface area contributed by atoms with Gasteiger partial charge in [0.2, 0.25) is 5.91 Å². The third-order valence-corrected chi connectivity index (χ3v) is 4.00. The van der Waals surface area contributed by atoms with Crippen LogP contribution in [-0.2, 0) is 9.59 Å². The van der Waals surface area contributed by atoms with E-state index in [0.29, 0.717) is 13.0 Å². The highest BCUT2D eigenvalue weighted by Gasteiger charge is 2.54. The van der Waals surface area contributed by atoms with Crippen molar-refractivity contribution in [3.8, 4) is 0 Å². The summed E-state index contributed by atoms with van der Waals surface area (Å²) in [6.07, 6.45) is 4.98. The molecule has 118 valence electrons. The number of rotatable bonds is 9. The molecule has 1 atom stereocenters. The molecule has 0 radical (unpaired) electrons. The van der Waals surface area contributed by atoms with Gasteiger partial charge in [0, 0.05) is 6.54 Å². The van der Waals surface area contributed by atoms with Crippen LogP contribution in [0.1, 0.15) is 73.1 Å². The number of aliphatic carboxylic acids is 1. The van der Waals surface area contributed by atoms with E-state index in [1.165, 1.54) is 0 Å². The van der Waals surface area contributed by atoms with Crippen molar-refractivity contribution in [3.63, 3.8) is 0 Å². The van der Waals surface area contributed by atoms with Gasteiger partial charge in [-0.2, -0.15) is 0 Å². The summed E-state index contributed by atoms with van der Waals surface area (Å²) in [5, 5.41) is 12.5. The smallest absolute Gasteiger partial charge is 0.319 e. The van der Waals surface area contributed by atoms with Gasteiger partial charge < -0.3 is 10.4 Å². The molecule has 4 heteroatoms. The van der Waals surface area contributed by atoms with Crippen LogP contribution in [-0.4, -0.2) is 23.5 Å². The number of carbonyl (C=O) groups excluding carboxylic acids is 1. The maximum atomic E-state index is 12.5. The van der Waals surface area contributed by atoms with E-state index in [0.717, 1.165) is 32.1 Å². The Balaban J connectivity index is 5.18. The zero-order chi connectivity index (χ0) is 15.8. The average molecular weight is 285 g/mol. The molecule has 0 rings (SSSR count). The van der Waals surface area contributed by atoms with Gasteiger partial charge in [0.05, 0.1) is 0 Å². The molecule has 0 saturated heterocycles. The number of hydrogen-bond donors (Lipinski definition) is 2. The Labute approximate surface area is 123 Å². The Kier molecular flexibility index (Phi) is 7.84. The summed E-state index contributed by atoms with van der Waals surface area (Å²) in [6, 6.07) is 0. The average Bonchev–Trinajstić information content (AvgIpc) is 2.32. The molecule has 20 heavy (non-hydrogen) atoms. The second-order valence-electron chi connectivity index (χ2n) is 6.53. The van der Waals surface area contributed by atoms with E-state index in [1.54, 1.807) is 0 Å². The van der Waals surface area contributed by atoms with Crippen molar-refractivity contribution in [1.29, 1.82) is 0 Å². The fourth-order valence-electron chi connectivity index (χ4n) is 2.52. The Bertz CT molecular complexity index is 320. The summed E-state index contributed by atoms with van der Waals surface area (Å²) in [6.45, 7) is 10.2. The molecule has 0 aromatic rings. The lowest BCUT2D eigenvalue weighted by Crippen LogP contribution is -2.54. The second-order valence-corrected chi connectivity index (χ2v) is 6.53. The Morgan fingerprint density at radius 2 is 1.55 bits per heavy atom. The number of unbranched alkanes of at least 4 members (excludes halogenated alkanes) is 3. The molecule has 0 aromatic carbocycles. The third-order valence-electron chi connectivity index (χ3n) is 4.00. The number of hydrogen-bond acceptors (Lipinski definition) is 2. The predicted molar refractivity (Wildman–Crippen MR) is 81.6 cm³/mol. The summed E-state index contributed by atoms with van der Waals surface area (Å²) in [4.78, 5) is 24.4. The molecule has 0 saturated carbocycles. The van der Waals surface area contributed by atoms with Gasteiger partial charge in [-0.1, -0.05) is 60.3 Å². The highest BCUT2D eigenvalue weighted by Crippen LogP contribution is 2.43. The summed E-state index contributed by atoms with van der Waals surface area (Å²) >= 11 is 0.